The number of carbonyl (C=O) groups excluding carboxylic acids is 4. The molecule has 3 N–H and O–H groups in total. The van der Waals surface area contributed by atoms with Gasteiger partial charge >= 0.3 is 39.5 Å². The Hall–Kier alpha value is -1.94. The van der Waals surface area contributed by atoms with E-state index in [1.165, 1.54) is 205 Å². The van der Waals surface area contributed by atoms with Gasteiger partial charge in [-0.25, -0.2) is 9.13 Å². The normalized spacial score (nSPS) is 14.3. The summed E-state index contributed by atoms with van der Waals surface area (Å²) in [5, 5.41) is 10.6. The number of hydrogen-bond acceptors (Lipinski definition) is 15. The third-order valence-corrected chi connectivity index (χ3v) is 20.6. The number of esters is 4. The van der Waals surface area contributed by atoms with Gasteiger partial charge in [-0.15, -0.1) is 0 Å². The van der Waals surface area contributed by atoms with Crippen LogP contribution in [0.25, 0.3) is 0 Å². The lowest BCUT2D eigenvalue weighted by atomic mass is 9.99. The molecular weight excluding hydrogens is 1280 g/mol. The molecule has 98 heavy (non-hydrogen) atoms. The lowest BCUT2D eigenvalue weighted by molar-refractivity contribution is -0.161. The summed E-state index contributed by atoms with van der Waals surface area (Å²) in [7, 11) is -9.92. The van der Waals surface area contributed by atoms with Gasteiger partial charge in [-0.2, -0.15) is 0 Å². The van der Waals surface area contributed by atoms with Gasteiger partial charge < -0.3 is 33.8 Å². The van der Waals surface area contributed by atoms with E-state index >= 15 is 0 Å². The fourth-order valence-electron chi connectivity index (χ4n) is 12.0. The van der Waals surface area contributed by atoms with Gasteiger partial charge in [0, 0.05) is 25.7 Å². The summed E-state index contributed by atoms with van der Waals surface area (Å²) in [6, 6.07) is 0. The lowest BCUT2D eigenvalue weighted by Crippen LogP contribution is -2.30. The molecule has 0 fully saturated rings. The van der Waals surface area contributed by atoms with Crippen molar-refractivity contribution in [1.82, 2.24) is 0 Å². The van der Waals surface area contributed by atoms with Crippen LogP contribution in [0.2, 0.25) is 0 Å². The molecule has 19 heteroatoms. The topological polar surface area (TPSA) is 237 Å². The van der Waals surface area contributed by atoms with Gasteiger partial charge in [-0.3, -0.25) is 37.3 Å². The van der Waals surface area contributed by atoms with Crippen molar-refractivity contribution in [3.8, 4) is 0 Å². The third-order valence-electron chi connectivity index (χ3n) is 18.7. The highest BCUT2D eigenvalue weighted by molar-refractivity contribution is 7.47. The van der Waals surface area contributed by atoms with E-state index < -0.39 is 97.5 Å². The number of carbonyl (C=O) groups is 4. The summed E-state index contributed by atoms with van der Waals surface area (Å²) < 4.78 is 68.7. The van der Waals surface area contributed by atoms with Crippen molar-refractivity contribution in [3.63, 3.8) is 0 Å². The molecule has 0 spiro atoms. The maximum absolute atomic E-state index is 13.1. The Kier molecular flexibility index (Phi) is 66.8. The van der Waals surface area contributed by atoms with Gasteiger partial charge in [0.25, 0.3) is 0 Å². The van der Waals surface area contributed by atoms with Crippen molar-refractivity contribution in [2.24, 2.45) is 23.7 Å². The fourth-order valence-corrected chi connectivity index (χ4v) is 13.6. The minimum Gasteiger partial charge on any atom is -0.462 e. The second kappa shape index (κ2) is 68.2. The van der Waals surface area contributed by atoms with Gasteiger partial charge in [-0.05, 0) is 49.4 Å². The molecule has 0 aliphatic rings. The minimum atomic E-state index is -4.96. The highest BCUT2D eigenvalue weighted by Gasteiger charge is 2.30. The number of phosphoric ester groups is 2. The smallest absolute Gasteiger partial charge is 0.462 e. The molecule has 0 aliphatic heterocycles. The van der Waals surface area contributed by atoms with Crippen molar-refractivity contribution in [2.45, 2.75) is 420 Å². The van der Waals surface area contributed by atoms with E-state index in [-0.39, 0.29) is 25.7 Å². The molecule has 0 saturated heterocycles. The van der Waals surface area contributed by atoms with E-state index in [1.807, 2.05) is 0 Å². The number of unbranched alkanes of at least 4 members (excludes halogenated alkanes) is 41. The van der Waals surface area contributed by atoms with Crippen LogP contribution in [0, 0.1) is 23.7 Å². The summed E-state index contributed by atoms with van der Waals surface area (Å²) in [6.07, 6.45) is 54.0. The summed E-state index contributed by atoms with van der Waals surface area (Å²) in [5.74, 6) is 1.00. The van der Waals surface area contributed by atoms with Crippen LogP contribution in [-0.2, 0) is 65.4 Å². The van der Waals surface area contributed by atoms with Crippen LogP contribution in [0.15, 0.2) is 0 Å². The third kappa shape index (κ3) is 71.1. The molecule has 0 amide bonds. The average Bonchev–Trinajstić information content (AvgIpc) is 0.964. The lowest BCUT2D eigenvalue weighted by Gasteiger charge is -2.21. The molecular formula is C79H154O17P2. The van der Waals surface area contributed by atoms with Crippen molar-refractivity contribution >= 4 is 39.5 Å². The summed E-state index contributed by atoms with van der Waals surface area (Å²) >= 11 is 0. The Morgan fingerprint density at radius 1 is 0.286 bits per heavy atom. The predicted molar refractivity (Wildman–Crippen MR) is 400 cm³/mol. The van der Waals surface area contributed by atoms with Gasteiger partial charge in [0.1, 0.15) is 19.3 Å². The Morgan fingerprint density at radius 3 is 0.724 bits per heavy atom. The van der Waals surface area contributed by atoms with Crippen molar-refractivity contribution in [2.75, 3.05) is 39.6 Å². The monoisotopic (exact) mass is 1440 g/mol. The molecule has 0 rings (SSSR count). The predicted octanol–water partition coefficient (Wildman–Crippen LogP) is 23.2. The maximum atomic E-state index is 13.1. The molecule has 0 aromatic rings. The minimum absolute atomic E-state index is 0.105. The van der Waals surface area contributed by atoms with Gasteiger partial charge in [0.15, 0.2) is 12.2 Å². The van der Waals surface area contributed by atoms with E-state index in [2.05, 4.69) is 55.4 Å². The van der Waals surface area contributed by atoms with Crippen LogP contribution in [0.4, 0.5) is 0 Å². The zero-order chi connectivity index (χ0) is 72.4. The molecule has 0 aliphatic carbocycles. The summed E-state index contributed by atoms with van der Waals surface area (Å²) in [5.41, 5.74) is 0. The Bertz CT molecular complexity index is 1920. The standard InChI is InChI=1S/C79H154O17P2/c1-9-72(8)58-50-42-34-26-18-14-10-11-15-20-28-37-45-53-61-78(83)95-74(65-89-76(81)59-51-43-35-27-19-16-12-13-17-23-31-39-47-55-69(2)3)67-93-97(85,86)91-63-73(80)64-92-98(87,88)94-68-75(96-79(84)62-54-46-38-30-22-25-33-41-49-57-71(6)7)66-90-77(82)60-52-44-36-29-21-24-32-40-48-56-70(4)5/h69-75,80H,9-68H2,1-8H3,(H,85,86)(H,87,88)/t72?,73-,74-,75-/m1/s1. The van der Waals surface area contributed by atoms with E-state index in [0.29, 0.717) is 25.7 Å². The Morgan fingerprint density at radius 2 is 0.490 bits per heavy atom. The molecule has 0 heterocycles. The van der Waals surface area contributed by atoms with Crippen LogP contribution in [0.5, 0.6) is 0 Å². The van der Waals surface area contributed by atoms with Gasteiger partial charge in [0.2, 0.25) is 0 Å². The molecule has 0 saturated carbocycles. The summed E-state index contributed by atoms with van der Waals surface area (Å²) in [4.78, 5) is 73.0. The number of aliphatic hydroxyl groups excluding tert-OH is 1. The van der Waals surface area contributed by atoms with E-state index in [9.17, 15) is 43.2 Å². The second-order valence-electron chi connectivity index (χ2n) is 30.1. The number of rotatable bonds is 76. The zero-order valence-corrected chi connectivity index (χ0v) is 66.2. The van der Waals surface area contributed by atoms with Crippen LogP contribution < -0.4 is 0 Å². The van der Waals surface area contributed by atoms with E-state index in [4.69, 9.17) is 37.0 Å². The second-order valence-corrected chi connectivity index (χ2v) is 33.0. The fraction of sp³-hybridized carbons (Fsp3) is 0.949. The first-order chi connectivity index (χ1) is 47.1. The van der Waals surface area contributed by atoms with Crippen LogP contribution in [-0.4, -0.2) is 96.7 Å². The highest BCUT2D eigenvalue weighted by atomic mass is 31.2. The number of phosphoric acid groups is 2. The van der Waals surface area contributed by atoms with Crippen LogP contribution in [0.3, 0.4) is 0 Å². The molecule has 0 aromatic heterocycles. The molecule has 0 bridgehead atoms. The van der Waals surface area contributed by atoms with E-state index in [1.54, 1.807) is 0 Å². The van der Waals surface area contributed by atoms with Crippen molar-refractivity contribution in [1.29, 1.82) is 0 Å². The quantitative estimate of drug-likeness (QED) is 0.0222. The van der Waals surface area contributed by atoms with Crippen molar-refractivity contribution < 1.29 is 80.2 Å². The first-order valence-corrected chi connectivity index (χ1v) is 43.7. The number of aliphatic hydroxyl groups is 1. The molecule has 6 atom stereocenters. The Balaban J connectivity index is 5.26. The average molecular weight is 1440 g/mol. The van der Waals surface area contributed by atoms with E-state index in [0.717, 1.165) is 114 Å². The first-order valence-electron chi connectivity index (χ1n) is 40.7. The first kappa shape index (κ1) is 96.1. The Labute approximate surface area is 600 Å². The number of hydrogen-bond donors (Lipinski definition) is 3. The number of ether oxygens (including phenoxy) is 4. The highest BCUT2D eigenvalue weighted by Crippen LogP contribution is 2.45. The molecule has 582 valence electrons. The molecule has 3 unspecified atom stereocenters. The molecule has 0 radical (unpaired) electrons. The zero-order valence-electron chi connectivity index (χ0n) is 64.4. The SMILES string of the molecule is CCC(C)CCCCCCCCCCCCCCCCC(=O)O[C@H](COC(=O)CCCCCCCCCCCCCCCC(C)C)COP(=O)(O)OC[C@@H](O)COP(=O)(O)OC[C@@H](COC(=O)CCCCCCCCCCCC(C)C)OC(=O)CCCCCCCCCCCC(C)C. The molecule has 17 nitrogen and oxygen atoms in total. The van der Waals surface area contributed by atoms with Gasteiger partial charge in [0.05, 0.1) is 26.4 Å². The van der Waals surface area contributed by atoms with Gasteiger partial charge in [-0.1, -0.05) is 351 Å². The van der Waals surface area contributed by atoms with Crippen LogP contribution in [0.1, 0.15) is 402 Å². The van der Waals surface area contributed by atoms with Crippen molar-refractivity contribution in [3.05, 3.63) is 0 Å². The molecule has 0 aromatic carbocycles. The maximum Gasteiger partial charge on any atom is 0.472 e. The summed E-state index contributed by atoms with van der Waals surface area (Å²) in [6.45, 7) is 14.3. The largest absolute Gasteiger partial charge is 0.472 e. The van der Waals surface area contributed by atoms with Crippen LogP contribution >= 0.6 is 15.6 Å².